The third kappa shape index (κ3) is 4.03. The molecule has 1 aromatic rings. The maximum Gasteiger partial charge on any atom is 0.224 e. The van der Waals surface area contributed by atoms with Crippen LogP contribution in [-0.4, -0.2) is 26.7 Å². The van der Waals surface area contributed by atoms with Crippen molar-refractivity contribution in [3.63, 3.8) is 0 Å². The van der Waals surface area contributed by atoms with Crippen molar-refractivity contribution < 1.29 is 0 Å². The fourth-order valence-corrected chi connectivity index (χ4v) is 2.41. The first-order valence-corrected chi connectivity index (χ1v) is 7.78. The van der Waals surface area contributed by atoms with Gasteiger partial charge in [-0.1, -0.05) is 39.4 Å². The average Bonchev–Trinajstić information content (AvgIpc) is 2.46. The highest BCUT2D eigenvalue weighted by molar-refractivity contribution is 7.71. The van der Waals surface area contributed by atoms with Gasteiger partial charge in [0, 0.05) is 26.7 Å². The summed E-state index contributed by atoms with van der Waals surface area (Å²) in [5, 5.41) is 0. The standard InChI is InChI=1S/C13H22N2OS.C2H6/c1-5-8-9-14(4)11-10(12(16)13(11)17)15(6-2)7-3;1-2/h5-9H2,1-4H3;1-2H3. The molecule has 0 saturated heterocycles. The molecule has 4 heteroatoms. The number of unbranched alkanes of at least 4 members (excludes halogenated alkanes) is 1. The van der Waals surface area contributed by atoms with Crippen LogP contribution in [0.3, 0.4) is 0 Å². The predicted molar refractivity (Wildman–Crippen MR) is 89.0 cm³/mol. The summed E-state index contributed by atoms with van der Waals surface area (Å²) in [6.45, 7) is 13.0. The van der Waals surface area contributed by atoms with Crippen LogP contribution < -0.4 is 15.2 Å². The van der Waals surface area contributed by atoms with Crippen LogP contribution in [0.2, 0.25) is 0 Å². The third-order valence-corrected chi connectivity index (χ3v) is 3.55. The lowest BCUT2D eigenvalue weighted by atomic mass is 10.1. The Morgan fingerprint density at radius 2 is 1.58 bits per heavy atom. The van der Waals surface area contributed by atoms with E-state index in [9.17, 15) is 4.79 Å². The van der Waals surface area contributed by atoms with E-state index < -0.39 is 0 Å². The molecule has 0 N–H and O–H groups in total. The van der Waals surface area contributed by atoms with Gasteiger partial charge in [0.05, 0.1) is 5.69 Å². The van der Waals surface area contributed by atoms with Gasteiger partial charge in [0.15, 0.2) is 0 Å². The third-order valence-electron chi connectivity index (χ3n) is 3.17. The molecule has 0 aromatic heterocycles. The maximum atomic E-state index is 11.8. The summed E-state index contributed by atoms with van der Waals surface area (Å²) in [5.41, 5.74) is 1.84. The second-order valence-electron chi connectivity index (χ2n) is 4.30. The Morgan fingerprint density at radius 1 is 1.05 bits per heavy atom. The van der Waals surface area contributed by atoms with Gasteiger partial charge in [-0.05, 0) is 20.3 Å². The number of rotatable bonds is 7. The zero-order valence-electron chi connectivity index (χ0n) is 13.2. The van der Waals surface area contributed by atoms with E-state index in [0.29, 0.717) is 4.51 Å². The Bertz CT molecular complexity index is 431. The quantitative estimate of drug-likeness (QED) is 0.711. The summed E-state index contributed by atoms with van der Waals surface area (Å²) in [6.07, 6.45) is 2.28. The molecular weight excluding hydrogens is 256 g/mol. The molecule has 0 aliphatic rings. The summed E-state index contributed by atoms with van der Waals surface area (Å²) < 4.78 is 0.505. The van der Waals surface area contributed by atoms with E-state index in [4.69, 9.17) is 12.2 Å². The van der Waals surface area contributed by atoms with E-state index in [0.717, 1.165) is 43.9 Å². The summed E-state index contributed by atoms with van der Waals surface area (Å²) in [5.74, 6) is 0. The van der Waals surface area contributed by atoms with E-state index >= 15 is 0 Å². The van der Waals surface area contributed by atoms with E-state index in [2.05, 4.69) is 30.6 Å². The van der Waals surface area contributed by atoms with E-state index in [1.807, 2.05) is 20.9 Å². The molecule has 0 unspecified atom stereocenters. The van der Waals surface area contributed by atoms with Crippen molar-refractivity contribution in [2.75, 3.05) is 36.5 Å². The van der Waals surface area contributed by atoms with Crippen LogP contribution in [0.4, 0.5) is 11.4 Å². The molecule has 0 aliphatic carbocycles. The molecule has 3 nitrogen and oxygen atoms in total. The van der Waals surface area contributed by atoms with Crippen LogP contribution in [0, 0.1) is 4.51 Å². The smallest absolute Gasteiger partial charge is 0.224 e. The summed E-state index contributed by atoms with van der Waals surface area (Å²) in [7, 11) is 2.02. The normalized spacial score (nSPS) is 10.0. The topological polar surface area (TPSA) is 23.6 Å². The predicted octanol–water partition coefficient (Wildman–Crippen LogP) is 3.76. The molecular formula is C15H28N2OS. The first kappa shape index (κ1) is 18.1. The van der Waals surface area contributed by atoms with Crippen LogP contribution in [0.1, 0.15) is 47.5 Å². The zero-order valence-corrected chi connectivity index (χ0v) is 14.1. The van der Waals surface area contributed by atoms with Gasteiger partial charge in [-0.3, -0.25) is 4.79 Å². The van der Waals surface area contributed by atoms with E-state index in [-0.39, 0.29) is 5.43 Å². The number of hydrogen-bond acceptors (Lipinski definition) is 4. The molecule has 0 radical (unpaired) electrons. The molecule has 0 fully saturated rings. The molecule has 110 valence electrons. The summed E-state index contributed by atoms with van der Waals surface area (Å²) >= 11 is 5.17. The van der Waals surface area contributed by atoms with Gasteiger partial charge >= 0.3 is 0 Å². The van der Waals surface area contributed by atoms with Gasteiger partial charge < -0.3 is 9.80 Å². The molecule has 1 aromatic carbocycles. The first-order chi connectivity index (χ1) is 9.08. The molecule has 0 aliphatic heterocycles. The average molecular weight is 284 g/mol. The van der Waals surface area contributed by atoms with Crippen LogP contribution >= 0.6 is 12.2 Å². The van der Waals surface area contributed by atoms with Gasteiger partial charge in [-0.2, -0.15) is 0 Å². The fraction of sp³-hybridized carbons (Fsp3) is 0.733. The van der Waals surface area contributed by atoms with Crippen molar-refractivity contribution in [3.8, 4) is 0 Å². The second-order valence-corrected chi connectivity index (χ2v) is 4.71. The van der Waals surface area contributed by atoms with E-state index in [1.165, 1.54) is 0 Å². The van der Waals surface area contributed by atoms with Gasteiger partial charge in [-0.25, -0.2) is 0 Å². The largest absolute Gasteiger partial charge is 0.372 e. The van der Waals surface area contributed by atoms with E-state index in [1.54, 1.807) is 0 Å². The molecule has 19 heavy (non-hydrogen) atoms. The molecule has 0 heterocycles. The monoisotopic (exact) mass is 284 g/mol. The molecule has 0 bridgehead atoms. The lowest BCUT2D eigenvalue weighted by molar-refractivity contribution is 0.758. The molecule has 0 saturated carbocycles. The van der Waals surface area contributed by atoms with Crippen molar-refractivity contribution in [1.29, 1.82) is 0 Å². The highest BCUT2D eigenvalue weighted by Crippen LogP contribution is 2.30. The minimum atomic E-state index is 0.0436. The van der Waals surface area contributed by atoms with Crippen molar-refractivity contribution >= 4 is 23.6 Å². The molecule has 0 atom stereocenters. The van der Waals surface area contributed by atoms with Crippen LogP contribution in [0.25, 0.3) is 0 Å². The maximum absolute atomic E-state index is 11.8. The molecule has 0 amide bonds. The van der Waals surface area contributed by atoms with Crippen molar-refractivity contribution in [2.24, 2.45) is 0 Å². The Kier molecular flexibility index (Phi) is 8.65. The Morgan fingerprint density at radius 3 is 2.00 bits per heavy atom. The summed E-state index contributed by atoms with van der Waals surface area (Å²) in [6, 6.07) is 0. The minimum Gasteiger partial charge on any atom is -0.372 e. The molecule has 0 spiro atoms. The Balaban J connectivity index is 0.00000154. The highest BCUT2D eigenvalue weighted by Gasteiger charge is 2.24. The lowest BCUT2D eigenvalue weighted by Gasteiger charge is -2.30. The lowest BCUT2D eigenvalue weighted by Crippen LogP contribution is -2.35. The first-order valence-electron chi connectivity index (χ1n) is 7.37. The summed E-state index contributed by atoms with van der Waals surface area (Å²) in [4.78, 5) is 16.1. The highest BCUT2D eigenvalue weighted by atomic mass is 32.1. The van der Waals surface area contributed by atoms with Gasteiger partial charge in [0.25, 0.3) is 0 Å². The van der Waals surface area contributed by atoms with Crippen LogP contribution in [0.15, 0.2) is 4.79 Å². The van der Waals surface area contributed by atoms with Crippen LogP contribution in [-0.2, 0) is 0 Å². The van der Waals surface area contributed by atoms with Gasteiger partial charge in [0.1, 0.15) is 10.2 Å². The van der Waals surface area contributed by atoms with Gasteiger partial charge in [-0.15, -0.1) is 0 Å². The number of nitrogens with zero attached hydrogens (tertiary/aromatic N) is 2. The second kappa shape index (κ2) is 9.08. The number of hydrogen-bond donors (Lipinski definition) is 0. The Labute approximate surface area is 122 Å². The van der Waals surface area contributed by atoms with Crippen molar-refractivity contribution in [2.45, 2.75) is 47.5 Å². The minimum absolute atomic E-state index is 0.0436. The zero-order chi connectivity index (χ0) is 15.0. The van der Waals surface area contributed by atoms with Crippen LogP contribution in [0.5, 0.6) is 0 Å². The Hall–Kier alpha value is -0.900. The van der Waals surface area contributed by atoms with Crippen molar-refractivity contribution in [1.82, 2.24) is 0 Å². The molecule has 1 rings (SSSR count). The number of anilines is 2. The van der Waals surface area contributed by atoms with Gasteiger partial charge in [0.2, 0.25) is 5.43 Å². The fourth-order valence-electron chi connectivity index (χ4n) is 2.06. The van der Waals surface area contributed by atoms with Crippen molar-refractivity contribution in [3.05, 3.63) is 14.7 Å². The SMILES string of the molecule is CC.CCCCN(C)c1c(N(CC)CC)c(=O)c1=S.